The van der Waals surface area contributed by atoms with Crippen molar-refractivity contribution >= 4 is 16.0 Å². The SMILES string of the molecule is N#CCS(=O)(=O)NC(Cc1cnc[nH]1)C(=O)O. The molecule has 0 bridgehead atoms. The summed E-state index contributed by atoms with van der Waals surface area (Å²) < 4.78 is 24.4. The van der Waals surface area contributed by atoms with Crippen molar-refractivity contribution in [3.8, 4) is 6.07 Å². The molecule has 8 nitrogen and oxygen atoms in total. The number of nitrogens with one attached hydrogen (secondary N) is 2. The van der Waals surface area contributed by atoms with Crippen LogP contribution in [0, 0.1) is 11.3 Å². The molecule has 0 fully saturated rings. The molecule has 17 heavy (non-hydrogen) atoms. The van der Waals surface area contributed by atoms with Crippen LogP contribution < -0.4 is 4.72 Å². The Balaban J connectivity index is 2.75. The smallest absolute Gasteiger partial charge is 0.322 e. The van der Waals surface area contributed by atoms with E-state index in [9.17, 15) is 13.2 Å². The third-order valence-electron chi connectivity index (χ3n) is 1.85. The van der Waals surface area contributed by atoms with Gasteiger partial charge in [-0.25, -0.2) is 13.4 Å². The maximum absolute atomic E-state index is 11.3. The molecular weight excluding hydrogens is 248 g/mol. The lowest BCUT2D eigenvalue weighted by molar-refractivity contribution is -0.138. The molecule has 1 unspecified atom stereocenters. The number of carbonyl (C=O) groups is 1. The van der Waals surface area contributed by atoms with E-state index in [1.807, 2.05) is 4.72 Å². The van der Waals surface area contributed by atoms with E-state index in [4.69, 9.17) is 10.4 Å². The predicted molar refractivity (Wildman–Crippen MR) is 56.3 cm³/mol. The highest BCUT2D eigenvalue weighted by Crippen LogP contribution is 2.00. The molecule has 0 spiro atoms. The second kappa shape index (κ2) is 5.42. The number of aromatic nitrogens is 2. The number of aliphatic carboxylic acids is 1. The summed E-state index contributed by atoms with van der Waals surface area (Å²) in [6.45, 7) is 0. The number of sulfonamides is 1. The molecule has 92 valence electrons. The van der Waals surface area contributed by atoms with Crippen LogP contribution in [-0.2, 0) is 21.2 Å². The van der Waals surface area contributed by atoms with Gasteiger partial charge in [0.05, 0.1) is 12.4 Å². The fraction of sp³-hybridized carbons (Fsp3) is 0.375. The third-order valence-corrected chi connectivity index (χ3v) is 3.01. The van der Waals surface area contributed by atoms with Crippen molar-refractivity contribution in [1.82, 2.24) is 14.7 Å². The molecule has 1 heterocycles. The molecule has 0 radical (unpaired) electrons. The van der Waals surface area contributed by atoms with Gasteiger partial charge in [-0.15, -0.1) is 0 Å². The van der Waals surface area contributed by atoms with Gasteiger partial charge in [-0.1, -0.05) is 0 Å². The summed E-state index contributed by atoms with van der Waals surface area (Å²) in [6.07, 6.45) is 2.69. The number of hydrogen-bond acceptors (Lipinski definition) is 5. The highest BCUT2D eigenvalue weighted by Gasteiger charge is 2.24. The first-order valence-electron chi connectivity index (χ1n) is 4.51. The van der Waals surface area contributed by atoms with E-state index >= 15 is 0 Å². The number of carboxylic acids is 1. The highest BCUT2D eigenvalue weighted by atomic mass is 32.2. The molecule has 0 aliphatic carbocycles. The molecule has 0 amide bonds. The van der Waals surface area contributed by atoms with Crippen LogP contribution in [-0.4, -0.2) is 41.3 Å². The highest BCUT2D eigenvalue weighted by molar-refractivity contribution is 7.89. The Kier molecular flexibility index (Phi) is 4.19. The zero-order chi connectivity index (χ0) is 12.9. The van der Waals surface area contributed by atoms with Crippen LogP contribution in [0.5, 0.6) is 0 Å². The van der Waals surface area contributed by atoms with Crippen LogP contribution in [0.2, 0.25) is 0 Å². The average Bonchev–Trinajstić information content (AvgIpc) is 2.68. The molecule has 0 aliphatic rings. The van der Waals surface area contributed by atoms with E-state index in [0.29, 0.717) is 5.69 Å². The normalized spacial score (nSPS) is 12.9. The topological polar surface area (TPSA) is 136 Å². The van der Waals surface area contributed by atoms with Crippen LogP contribution in [0.4, 0.5) is 0 Å². The Hall–Kier alpha value is -1.92. The fourth-order valence-corrected chi connectivity index (χ4v) is 2.01. The summed E-state index contributed by atoms with van der Waals surface area (Å²) >= 11 is 0. The first-order valence-corrected chi connectivity index (χ1v) is 6.17. The Labute approximate surface area is 97.3 Å². The van der Waals surface area contributed by atoms with Crippen molar-refractivity contribution in [3.05, 3.63) is 18.2 Å². The number of aromatic amines is 1. The second-order valence-corrected chi connectivity index (χ2v) is 4.96. The minimum atomic E-state index is -3.91. The summed E-state index contributed by atoms with van der Waals surface area (Å²) in [5.74, 6) is -2.10. The molecule has 9 heteroatoms. The van der Waals surface area contributed by atoms with Crippen molar-refractivity contribution in [2.24, 2.45) is 0 Å². The molecule has 3 N–H and O–H groups in total. The molecule has 1 rings (SSSR count). The number of carboxylic acid groups (broad SMARTS) is 1. The van der Waals surface area contributed by atoms with E-state index in [1.54, 1.807) is 0 Å². The maximum Gasteiger partial charge on any atom is 0.322 e. The summed E-state index contributed by atoms with van der Waals surface area (Å²) in [5, 5.41) is 17.1. The summed E-state index contributed by atoms with van der Waals surface area (Å²) in [4.78, 5) is 17.2. The number of hydrogen-bond donors (Lipinski definition) is 3. The minimum absolute atomic E-state index is 0.0695. The molecule has 0 saturated heterocycles. The van der Waals surface area contributed by atoms with Gasteiger partial charge in [0.1, 0.15) is 6.04 Å². The van der Waals surface area contributed by atoms with Crippen LogP contribution in [0.15, 0.2) is 12.5 Å². The minimum Gasteiger partial charge on any atom is -0.480 e. The van der Waals surface area contributed by atoms with Gasteiger partial charge in [0.15, 0.2) is 5.75 Å². The molecule has 1 aromatic rings. The van der Waals surface area contributed by atoms with E-state index < -0.39 is 27.8 Å². The summed E-state index contributed by atoms with van der Waals surface area (Å²) in [6, 6.07) is 0.122. The van der Waals surface area contributed by atoms with Gasteiger partial charge < -0.3 is 10.1 Å². The number of rotatable bonds is 6. The molecule has 1 aromatic heterocycles. The van der Waals surface area contributed by atoms with Crippen molar-refractivity contribution < 1.29 is 18.3 Å². The van der Waals surface area contributed by atoms with Gasteiger partial charge in [-0.05, 0) is 0 Å². The van der Waals surface area contributed by atoms with Crippen LogP contribution in [0.25, 0.3) is 0 Å². The lowest BCUT2D eigenvalue weighted by Crippen LogP contribution is -2.43. The van der Waals surface area contributed by atoms with Crippen molar-refractivity contribution in [1.29, 1.82) is 5.26 Å². The van der Waals surface area contributed by atoms with Crippen LogP contribution in [0.1, 0.15) is 5.69 Å². The second-order valence-electron chi connectivity index (χ2n) is 3.21. The average molecular weight is 258 g/mol. The lowest BCUT2D eigenvalue weighted by atomic mass is 10.2. The summed E-state index contributed by atoms with van der Waals surface area (Å²) in [7, 11) is -3.91. The zero-order valence-corrected chi connectivity index (χ0v) is 9.44. The van der Waals surface area contributed by atoms with E-state index in [-0.39, 0.29) is 6.42 Å². The summed E-state index contributed by atoms with van der Waals surface area (Å²) in [5.41, 5.74) is 0.483. The molecule has 1 atom stereocenters. The van der Waals surface area contributed by atoms with Crippen molar-refractivity contribution in [3.63, 3.8) is 0 Å². The molecule has 0 saturated carbocycles. The van der Waals surface area contributed by atoms with Gasteiger partial charge >= 0.3 is 5.97 Å². The largest absolute Gasteiger partial charge is 0.480 e. The third kappa shape index (κ3) is 4.21. The monoisotopic (exact) mass is 258 g/mol. The predicted octanol–water partition coefficient (Wildman–Crippen LogP) is -1.15. The number of nitriles is 1. The van der Waals surface area contributed by atoms with E-state index in [2.05, 4.69) is 9.97 Å². The van der Waals surface area contributed by atoms with Crippen molar-refractivity contribution in [2.75, 3.05) is 5.75 Å². The van der Waals surface area contributed by atoms with Crippen LogP contribution in [0.3, 0.4) is 0 Å². The Morgan fingerprint density at radius 3 is 2.88 bits per heavy atom. The lowest BCUT2D eigenvalue weighted by Gasteiger charge is -2.12. The number of nitrogens with zero attached hydrogens (tertiary/aromatic N) is 2. The zero-order valence-electron chi connectivity index (χ0n) is 8.62. The van der Waals surface area contributed by atoms with Crippen LogP contribution >= 0.6 is 0 Å². The Bertz CT molecular complexity index is 516. The maximum atomic E-state index is 11.3. The van der Waals surface area contributed by atoms with E-state index in [0.717, 1.165) is 0 Å². The van der Waals surface area contributed by atoms with Gasteiger partial charge in [0.2, 0.25) is 10.0 Å². The van der Waals surface area contributed by atoms with Crippen molar-refractivity contribution in [2.45, 2.75) is 12.5 Å². The molecule has 0 aliphatic heterocycles. The fourth-order valence-electron chi connectivity index (χ4n) is 1.14. The molecule has 0 aromatic carbocycles. The van der Waals surface area contributed by atoms with E-state index in [1.165, 1.54) is 18.6 Å². The van der Waals surface area contributed by atoms with Gasteiger partial charge in [-0.2, -0.15) is 9.98 Å². The van der Waals surface area contributed by atoms with Gasteiger partial charge in [0, 0.05) is 18.3 Å². The van der Waals surface area contributed by atoms with Gasteiger partial charge in [0.25, 0.3) is 0 Å². The number of imidazole rings is 1. The molecular formula is C8H10N4O4S. The first kappa shape index (κ1) is 13.1. The first-order chi connectivity index (χ1) is 7.94. The quantitative estimate of drug-likeness (QED) is 0.589. The Morgan fingerprint density at radius 1 is 1.71 bits per heavy atom. The Morgan fingerprint density at radius 2 is 2.41 bits per heavy atom. The standard InChI is InChI=1S/C8H10N4O4S/c9-1-2-17(15,16)12-7(8(13)14)3-6-4-10-5-11-6/h4-5,7,12H,2-3H2,(H,10,11)(H,13,14). The number of H-pyrrole nitrogens is 1. The van der Waals surface area contributed by atoms with Gasteiger partial charge in [-0.3, -0.25) is 4.79 Å².